The predicted molar refractivity (Wildman–Crippen MR) is 94.2 cm³/mol. The average Bonchev–Trinajstić information content (AvgIpc) is 2.83. The molecule has 1 aliphatic heterocycles. The predicted octanol–water partition coefficient (Wildman–Crippen LogP) is 5.18. The Kier molecular flexibility index (Phi) is 4.75. The first kappa shape index (κ1) is 17.2. The van der Waals surface area contributed by atoms with Gasteiger partial charge in [0.15, 0.2) is 8.32 Å². The summed E-state index contributed by atoms with van der Waals surface area (Å²) in [6.45, 7) is 19.8. The second-order valence-electron chi connectivity index (χ2n) is 7.81. The van der Waals surface area contributed by atoms with Crippen LogP contribution in [0.1, 0.15) is 47.6 Å². The standard InChI is InChI=1S/C17H30O2SSi/c1-11-12(2)20-13(3)16(11)14-9-18-10-15(14)19-21(7,8)17(4,5)6/h14-15H,9-10H2,1-8H3/t14-,15-/m0/s1. The molecule has 0 unspecified atom stereocenters. The zero-order valence-corrected chi connectivity index (χ0v) is 16.6. The van der Waals surface area contributed by atoms with Crippen molar-refractivity contribution in [3.05, 3.63) is 20.9 Å². The molecule has 4 heteroatoms. The lowest BCUT2D eigenvalue weighted by atomic mass is 9.93. The highest BCUT2D eigenvalue weighted by atomic mass is 32.1. The van der Waals surface area contributed by atoms with Crippen molar-refractivity contribution >= 4 is 19.7 Å². The van der Waals surface area contributed by atoms with Gasteiger partial charge in [0.1, 0.15) is 0 Å². The van der Waals surface area contributed by atoms with Crippen molar-refractivity contribution in [3.8, 4) is 0 Å². The molecule has 0 radical (unpaired) electrons. The van der Waals surface area contributed by atoms with E-state index in [0.717, 1.165) is 13.2 Å². The first-order valence-electron chi connectivity index (χ1n) is 7.86. The summed E-state index contributed by atoms with van der Waals surface area (Å²) in [5, 5.41) is 0.245. The third-order valence-electron chi connectivity index (χ3n) is 5.27. The van der Waals surface area contributed by atoms with E-state index in [4.69, 9.17) is 9.16 Å². The summed E-state index contributed by atoms with van der Waals surface area (Å²) in [6, 6.07) is 0. The smallest absolute Gasteiger partial charge is 0.192 e. The lowest BCUT2D eigenvalue weighted by molar-refractivity contribution is 0.130. The van der Waals surface area contributed by atoms with Crippen LogP contribution in [0.15, 0.2) is 0 Å². The lowest BCUT2D eigenvalue weighted by Gasteiger charge is -2.39. The molecule has 120 valence electrons. The third-order valence-corrected chi connectivity index (χ3v) is 10.9. The molecule has 0 N–H and O–H groups in total. The summed E-state index contributed by atoms with van der Waals surface area (Å²) >= 11 is 1.91. The van der Waals surface area contributed by atoms with Gasteiger partial charge in [0, 0.05) is 15.7 Å². The van der Waals surface area contributed by atoms with Crippen LogP contribution in [0.3, 0.4) is 0 Å². The summed E-state index contributed by atoms with van der Waals surface area (Å²) in [6.07, 6.45) is 0.220. The number of aryl methyl sites for hydroxylation is 2. The molecule has 2 rings (SSSR count). The van der Waals surface area contributed by atoms with Crippen molar-refractivity contribution in [1.82, 2.24) is 0 Å². The van der Waals surface area contributed by atoms with Gasteiger partial charge < -0.3 is 9.16 Å². The summed E-state index contributed by atoms with van der Waals surface area (Å²) in [5.41, 5.74) is 2.93. The molecular formula is C17H30O2SSi. The van der Waals surface area contributed by atoms with Crippen molar-refractivity contribution in [2.45, 2.75) is 71.7 Å². The average molecular weight is 327 g/mol. The Labute approximate surface area is 135 Å². The molecular weight excluding hydrogens is 296 g/mol. The van der Waals surface area contributed by atoms with Crippen LogP contribution in [0.5, 0.6) is 0 Å². The molecule has 0 aromatic carbocycles. The van der Waals surface area contributed by atoms with E-state index in [9.17, 15) is 0 Å². The minimum atomic E-state index is -1.75. The molecule has 2 heterocycles. The van der Waals surface area contributed by atoms with Crippen LogP contribution in [0.4, 0.5) is 0 Å². The van der Waals surface area contributed by atoms with Crippen molar-refractivity contribution in [1.29, 1.82) is 0 Å². The lowest BCUT2D eigenvalue weighted by Crippen LogP contribution is -2.45. The Balaban J connectivity index is 2.26. The van der Waals surface area contributed by atoms with E-state index in [1.54, 1.807) is 0 Å². The Bertz CT molecular complexity index is 514. The zero-order chi connectivity index (χ0) is 16.0. The van der Waals surface area contributed by atoms with Crippen LogP contribution >= 0.6 is 11.3 Å². The Morgan fingerprint density at radius 3 is 2.19 bits per heavy atom. The van der Waals surface area contributed by atoms with Crippen molar-refractivity contribution in [3.63, 3.8) is 0 Å². The van der Waals surface area contributed by atoms with Gasteiger partial charge in [-0.05, 0) is 50.0 Å². The van der Waals surface area contributed by atoms with Gasteiger partial charge in [0.05, 0.1) is 19.3 Å². The van der Waals surface area contributed by atoms with Crippen LogP contribution in [-0.2, 0) is 9.16 Å². The van der Waals surface area contributed by atoms with Crippen LogP contribution < -0.4 is 0 Å². The fraction of sp³-hybridized carbons (Fsp3) is 0.765. The molecule has 1 aromatic heterocycles. The Morgan fingerprint density at radius 1 is 1.10 bits per heavy atom. The van der Waals surface area contributed by atoms with Gasteiger partial charge in [0.25, 0.3) is 0 Å². The molecule has 0 amide bonds. The first-order valence-corrected chi connectivity index (χ1v) is 11.6. The van der Waals surface area contributed by atoms with Crippen LogP contribution in [-0.4, -0.2) is 27.6 Å². The summed E-state index contributed by atoms with van der Waals surface area (Å²) in [5.74, 6) is 0.407. The fourth-order valence-corrected chi connectivity index (χ4v) is 5.31. The SMILES string of the molecule is Cc1sc(C)c([C@H]2COC[C@@H]2O[Si](C)(C)C(C)(C)C)c1C. The molecule has 0 aliphatic carbocycles. The molecule has 1 aromatic rings. The minimum Gasteiger partial charge on any atom is -0.411 e. The van der Waals surface area contributed by atoms with Gasteiger partial charge in [-0.15, -0.1) is 11.3 Å². The summed E-state index contributed by atoms with van der Waals surface area (Å²) < 4.78 is 12.5. The quantitative estimate of drug-likeness (QED) is 0.713. The van der Waals surface area contributed by atoms with E-state index in [1.165, 1.54) is 20.9 Å². The van der Waals surface area contributed by atoms with E-state index >= 15 is 0 Å². The molecule has 0 spiro atoms. The van der Waals surface area contributed by atoms with Crippen molar-refractivity contribution < 1.29 is 9.16 Å². The maximum Gasteiger partial charge on any atom is 0.192 e. The van der Waals surface area contributed by atoms with E-state index in [2.05, 4.69) is 54.6 Å². The molecule has 1 aliphatic rings. The van der Waals surface area contributed by atoms with Crippen molar-refractivity contribution in [2.75, 3.05) is 13.2 Å². The van der Waals surface area contributed by atoms with Gasteiger partial charge in [-0.25, -0.2) is 0 Å². The normalized spacial score (nSPS) is 23.8. The van der Waals surface area contributed by atoms with Crippen LogP contribution in [0.2, 0.25) is 18.1 Å². The monoisotopic (exact) mass is 326 g/mol. The molecule has 21 heavy (non-hydrogen) atoms. The molecule has 0 bridgehead atoms. The summed E-state index contributed by atoms with van der Waals surface area (Å²) in [7, 11) is -1.75. The van der Waals surface area contributed by atoms with Gasteiger partial charge in [-0.3, -0.25) is 0 Å². The zero-order valence-electron chi connectivity index (χ0n) is 14.8. The highest BCUT2D eigenvalue weighted by Gasteiger charge is 2.43. The van der Waals surface area contributed by atoms with E-state index in [-0.39, 0.29) is 11.1 Å². The van der Waals surface area contributed by atoms with Crippen molar-refractivity contribution in [2.24, 2.45) is 0 Å². The number of rotatable bonds is 3. The molecule has 2 nitrogen and oxygen atoms in total. The largest absolute Gasteiger partial charge is 0.411 e. The maximum atomic E-state index is 6.67. The van der Waals surface area contributed by atoms with E-state index in [1.807, 2.05) is 11.3 Å². The van der Waals surface area contributed by atoms with E-state index < -0.39 is 8.32 Å². The van der Waals surface area contributed by atoms with Crippen LogP contribution in [0.25, 0.3) is 0 Å². The fourth-order valence-electron chi connectivity index (χ4n) is 2.83. The van der Waals surface area contributed by atoms with E-state index in [0.29, 0.717) is 5.92 Å². The number of hydrogen-bond donors (Lipinski definition) is 0. The second kappa shape index (κ2) is 5.80. The highest BCUT2D eigenvalue weighted by molar-refractivity contribution is 7.12. The van der Waals surface area contributed by atoms with Gasteiger partial charge in [0.2, 0.25) is 0 Å². The van der Waals surface area contributed by atoms with Crippen LogP contribution in [0, 0.1) is 20.8 Å². The first-order chi connectivity index (χ1) is 9.54. The van der Waals surface area contributed by atoms with Gasteiger partial charge in [-0.2, -0.15) is 0 Å². The Morgan fingerprint density at radius 2 is 1.71 bits per heavy atom. The molecule has 1 saturated heterocycles. The van der Waals surface area contributed by atoms with Gasteiger partial charge >= 0.3 is 0 Å². The molecule has 0 saturated carbocycles. The topological polar surface area (TPSA) is 18.5 Å². The third kappa shape index (κ3) is 3.28. The number of ether oxygens (including phenoxy) is 1. The summed E-state index contributed by atoms with van der Waals surface area (Å²) in [4.78, 5) is 2.87. The number of hydrogen-bond acceptors (Lipinski definition) is 3. The molecule has 2 atom stereocenters. The van der Waals surface area contributed by atoms with Gasteiger partial charge in [-0.1, -0.05) is 20.8 Å². The molecule has 1 fully saturated rings. The number of thiophene rings is 1. The maximum absolute atomic E-state index is 6.67. The Hall–Kier alpha value is -0.163. The second-order valence-corrected chi connectivity index (χ2v) is 14.0. The minimum absolute atomic E-state index is 0.220. The highest BCUT2D eigenvalue weighted by Crippen LogP contribution is 2.42.